The summed E-state index contributed by atoms with van der Waals surface area (Å²) in [6.07, 6.45) is 1.57. The molecule has 1 aliphatic rings. The zero-order chi connectivity index (χ0) is 19.0. The Morgan fingerprint density at radius 1 is 1.19 bits per heavy atom. The lowest BCUT2D eigenvalue weighted by atomic mass is 10.0. The molecule has 1 aliphatic heterocycles. The minimum Gasteiger partial charge on any atom is -0.464 e. The van der Waals surface area contributed by atoms with Gasteiger partial charge >= 0.3 is 0 Å². The number of benzene rings is 1. The van der Waals surface area contributed by atoms with E-state index in [1.807, 2.05) is 43.1 Å². The van der Waals surface area contributed by atoms with Gasteiger partial charge in [-0.2, -0.15) is 10.1 Å². The standard InChI is InChI=1S/C21H24N4O2/c1-14-19-17(16-9-5-4-6-10-16)13-18(22-20(19)24(3)23-14)27-15(2)21(26)25-11-7-8-12-25/h4-6,9-10,13,15H,7-8,11-12H2,1-3H3/t15-/m0/s1. The van der Waals surface area contributed by atoms with E-state index in [9.17, 15) is 4.79 Å². The maximum Gasteiger partial charge on any atom is 0.263 e. The lowest BCUT2D eigenvalue weighted by Crippen LogP contribution is -2.38. The summed E-state index contributed by atoms with van der Waals surface area (Å²) in [6.45, 7) is 5.41. The summed E-state index contributed by atoms with van der Waals surface area (Å²) in [4.78, 5) is 19.1. The first-order chi connectivity index (χ1) is 13.0. The summed E-state index contributed by atoms with van der Waals surface area (Å²) in [7, 11) is 1.87. The predicted octanol–water partition coefficient (Wildman–Crippen LogP) is 3.33. The number of fused-ring (bicyclic) bond motifs is 1. The number of carbonyl (C=O) groups is 1. The van der Waals surface area contributed by atoms with E-state index in [1.54, 1.807) is 11.6 Å². The molecule has 4 rings (SSSR count). The molecular weight excluding hydrogens is 340 g/mol. The van der Waals surface area contributed by atoms with E-state index in [0.717, 1.165) is 53.8 Å². The van der Waals surface area contributed by atoms with Crippen molar-refractivity contribution in [1.82, 2.24) is 19.7 Å². The molecule has 1 aromatic carbocycles. The van der Waals surface area contributed by atoms with E-state index in [4.69, 9.17) is 4.74 Å². The smallest absolute Gasteiger partial charge is 0.263 e. The number of rotatable bonds is 4. The van der Waals surface area contributed by atoms with Gasteiger partial charge in [0.2, 0.25) is 5.88 Å². The van der Waals surface area contributed by atoms with Crippen LogP contribution >= 0.6 is 0 Å². The maximum atomic E-state index is 12.6. The molecule has 3 aromatic rings. The van der Waals surface area contributed by atoms with Gasteiger partial charge in [0.1, 0.15) is 0 Å². The van der Waals surface area contributed by atoms with Gasteiger partial charge in [-0.05, 0) is 37.8 Å². The Bertz CT molecular complexity index is 975. The van der Waals surface area contributed by atoms with Crippen LogP contribution in [0.2, 0.25) is 0 Å². The number of carbonyl (C=O) groups excluding carboxylic acids is 1. The van der Waals surface area contributed by atoms with E-state index < -0.39 is 6.10 Å². The number of ether oxygens (including phenoxy) is 1. The largest absolute Gasteiger partial charge is 0.464 e. The first-order valence-electron chi connectivity index (χ1n) is 9.40. The molecule has 0 saturated carbocycles. The topological polar surface area (TPSA) is 60.2 Å². The van der Waals surface area contributed by atoms with Crippen LogP contribution in [0.1, 0.15) is 25.5 Å². The summed E-state index contributed by atoms with van der Waals surface area (Å²) in [5, 5.41) is 5.53. The summed E-state index contributed by atoms with van der Waals surface area (Å²) in [5.74, 6) is 0.473. The maximum absolute atomic E-state index is 12.6. The zero-order valence-corrected chi connectivity index (χ0v) is 16.0. The Labute approximate surface area is 158 Å². The third kappa shape index (κ3) is 3.27. The summed E-state index contributed by atoms with van der Waals surface area (Å²) >= 11 is 0. The van der Waals surface area contributed by atoms with E-state index in [2.05, 4.69) is 22.2 Å². The molecular formula is C21H24N4O2. The second-order valence-electron chi connectivity index (χ2n) is 7.07. The van der Waals surface area contributed by atoms with Gasteiger partial charge in [-0.3, -0.25) is 9.48 Å². The second-order valence-corrected chi connectivity index (χ2v) is 7.07. The van der Waals surface area contributed by atoms with E-state index in [1.165, 1.54) is 0 Å². The van der Waals surface area contributed by atoms with Crippen molar-refractivity contribution in [3.63, 3.8) is 0 Å². The van der Waals surface area contributed by atoms with Gasteiger partial charge in [-0.15, -0.1) is 0 Å². The number of aryl methyl sites for hydroxylation is 2. The second kappa shape index (κ2) is 7.02. The summed E-state index contributed by atoms with van der Waals surface area (Å²) in [5.41, 5.74) is 3.77. The minimum absolute atomic E-state index is 0.0249. The van der Waals surface area contributed by atoms with Crippen LogP contribution in [0.3, 0.4) is 0 Å². The third-order valence-corrected chi connectivity index (χ3v) is 5.09. The Balaban J connectivity index is 1.73. The number of amides is 1. The number of aromatic nitrogens is 3. The van der Waals surface area contributed by atoms with Crippen molar-refractivity contribution < 1.29 is 9.53 Å². The van der Waals surface area contributed by atoms with Gasteiger partial charge in [-0.25, -0.2) is 0 Å². The highest BCUT2D eigenvalue weighted by Gasteiger charge is 2.25. The van der Waals surface area contributed by atoms with Crippen LogP contribution in [0, 0.1) is 6.92 Å². The molecule has 1 atom stereocenters. The van der Waals surface area contributed by atoms with E-state index in [0.29, 0.717) is 5.88 Å². The SMILES string of the molecule is Cc1nn(C)c2nc(O[C@@H](C)C(=O)N3CCCC3)cc(-c3ccccc3)c12. The van der Waals surface area contributed by atoms with Crippen LogP contribution < -0.4 is 4.74 Å². The molecule has 0 radical (unpaired) electrons. The van der Waals surface area contributed by atoms with Crippen molar-refractivity contribution in [3.8, 4) is 17.0 Å². The van der Waals surface area contributed by atoms with Crippen LogP contribution in [0.4, 0.5) is 0 Å². The number of pyridine rings is 1. The normalized spacial score (nSPS) is 15.3. The highest BCUT2D eigenvalue weighted by Crippen LogP contribution is 2.33. The average Bonchev–Trinajstić information content (AvgIpc) is 3.30. The molecule has 0 aliphatic carbocycles. The molecule has 27 heavy (non-hydrogen) atoms. The van der Waals surface area contributed by atoms with Crippen molar-refractivity contribution in [3.05, 3.63) is 42.1 Å². The van der Waals surface area contributed by atoms with Crippen molar-refractivity contribution in [2.45, 2.75) is 32.8 Å². The minimum atomic E-state index is -0.564. The highest BCUT2D eigenvalue weighted by atomic mass is 16.5. The first kappa shape index (κ1) is 17.5. The van der Waals surface area contributed by atoms with Crippen LogP contribution in [-0.2, 0) is 11.8 Å². The Kier molecular flexibility index (Phi) is 4.56. The fourth-order valence-electron chi connectivity index (χ4n) is 3.75. The predicted molar refractivity (Wildman–Crippen MR) is 105 cm³/mol. The molecule has 6 nitrogen and oxygen atoms in total. The van der Waals surface area contributed by atoms with Crippen molar-refractivity contribution in [2.24, 2.45) is 7.05 Å². The Morgan fingerprint density at radius 3 is 2.59 bits per heavy atom. The first-order valence-corrected chi connectivity index (χ1v) is 9.40. The fraction of sp³-hybridized carbons (Fsp3) is 0.381. The van der Waals surface area contributed by atoms with Gasteiger partial charge in [-0.1, -0.05) is 30.3 Å². The average molecular weight is 364 g/mol. The molecule has 6 heteroatoms. The van der Waals surface area contributed by atoms with Gasteiger partial charge in [0.25, 0.3) is 5.91 Å². The quantitative estimate of drug-likeness (QED) is 0.712. The summed E-state index contributed by atoms with van der Waals surface area (Å²) in [6, 6.07) is 12.0. The van der Waals surface area contributed by atoms with Crippen LogP contribution in [0.25, 0.3) is 22.2 Å². The van der Waals surface area contributed by atoms with Crippen molar-refractivity contribution in [1.29, 1.82) is 0 Å². The molecule has 1 amide bonds. The molecule has 140 valence electrons. The third-order valence-electron chi connectivity index (χ3n) is 5.09. The Morgan fingerprint density at radius 2 is 1.89 bits per heavy atom. The van der Waals surface area contributed by atoms with Crippen molar-refractivity contribution in [2.75, 3.05) is 13.1 Å². The van der Waals surface area contributed by atoms with Crippen molar-refractivity contribution >= 4 is 16.9 Å². The van der Waals surface area contributed by atoms with Gasteiger partial charge in [0, 0.05) is 26.2 Å². The van der Waals surface area contributed by atoms with E-state index in [-0.39, 0.29) is 5.91 Å². The molecule has 1 saturated heterocycles. The Hall–Kier alpha value is -2.89. The number of hydrogen-bond acceptors (Lipinski definition) is 4. The molecule has 2 aromatic heterocycles. The highest BCUT2D eigenvalue weighted by molar-refractivity contribution is 5.95. The molecule has 3 heterocycles. The monoisotopic (exact) mass is 364 g/mol. The van der Waals surface area contributed by atoms with E-state index >= 15 is 0 Å². The van der Waals surface area contributed by atoms with Gasteiger partial charge in [0.05, 0.1) is 11.1 Å². The fourth-order valence-corrected chi connectivity index (χ4v) is 3.75. The summed E-state index contributed by atoms with van der Waals surface area (Å²) < 4.78 is 7.74. The van der Waals surface area contributed by atoms with Gasteiger partial charge in [0.15, 0.2) is 11.8 Å². The lowest BCUT2D eigenvalue weighted by Gasteiger charge is -2.21. The molecule has 0 bridgehead atoms. The number of likely N-dealkylation sites (tertiary alicyclic amines) is 1. The molecule has 0 spiro atoms. The van der Waals surface area contributed by atoms with Crippen LogP contribution in [0.15, 0.2) is 36.4 Å². The molecule has 1 fully saturated rings. The molecule has 0 N–H and O–H groups in total. The lowest BCUT2D eigenvalue weighted by molar-refractivity contribution is -0.136. The zero-order valence-electron chi connectivity index (χ0n) is 16.0. The molecule has 0 unspecified atom stereocenters. The van der Waals surface area contributed by atoms with Crippen LogP contribution in [0.5, 0.6) is 5.88 Å². The number of nitrogens with zero attached hydrogens (tertiary/aromatic N) is 4. The number of hydrogen-bond donors (Lipinski definition) is 0. The van der Waals surface area contributed by atoms with Gasteiger partial charge < -0.3 is 9.64 Å². The van der Waals surface area contributed by atoms with Crippen LogP contribution in [-0.4, -0.2) is 44.8 Å².